The molecule has 4 atom stereocenters. The van der Waals surface area contributed by atoms with Crippen LogP contribution in [0.1, 0.15) is 66.7 Å². The third-order valence-electron chi connectivity index (χ3n) is 10.4. The highest BCUT2D eigenvalue weighted by Gasteiger charge is 2.50. The number of Topliss-reactive ketones (excluding diaryl/α,β-unsaturated/α-hetero) is 1. The van der Waals surface area contributed by atoms with Crippen molar-refractivity contribution in [2.45, 2.75) is 71.4 Å². The second kappa shape index (κ2) is 11.5. The minimum atomic E-state index is -0.546. The number of piperidine rings is 1. The Kier molecular flexibility index (Phi) is 7.84. The number of aryl methyl sites for hydroxylation is 2. The average Bonchev–Trinajstić information content (AvgIpc) is 3.79. The number of aromatic nitrogens is 1. The molecule has 7 rings (SSSR count). The van der Waals surface area contributed by atoms with Gasteiger partial charge >= 0.3 is 0 Å². The molecule has 3 aromatic heterocycles. The zero-order chi connectivity index (χ0) is 30.7. The van der Waals surface area contributed by atoms with Crippen molar-refractivity contribution in [3.63, 3.8) is 0 Å². The van der Waals surface area contributed by atoms with E-state index in [0.717, 1.165) is 54.4 Å². The molecule has 1 aliphatic carbocycles. The second-order valence-electron chi connectivity index (χ2n) is 14.2. The molecule has 3 unspecified atom stereocenters. The van der Waals surface area contributed by atoms with Crippen LogP contribution in [0.3, 0.4) is 0 Å². The number of nitrogens with one attached hydrogen (secondary N) is 3. The molecule has 1 aromatic carbocycles. The number of aromatic amines is 1. The zero-order valence-corrected chi connectivity index (χ0v) is 28.1. The molecule has 3 aliphatic rings. The Balaban J connectivity index is 1.13. The average molecular weight is 629 g/mol. The van der Waals surface area contributed by atoms with Crippen molar-refractivity contribution in [3.8, 4) is 11.3 Å². The van der Waals surface area contributed by atoms with Crippen molar-refractivity contribution >= 4 is 44.6 Å². The number of carbonyl (C=O) groups is 2. The number of H-pyrrole nitrogens is 1. The van der Waals surface area contributed by atoms with E-state index < -0.39 is 5.41 Å². The molecule has 2 saturated heterocycles. The van der Waals surface area contributed by atoms with E-state index in [-0.39, 0.29) is 23.7 Å². The van der Waals surface area contributed by atoms with Gasteiger partial charge in [0.25, 0.3) is 0 Å². The lowest BCUT2D eigenvalue weighted by molar-refractivity contribution is -0.130. The van der Waals surface area contributed by atoms with Crippen LogP contribution in [0.5, 0.6) is 0 Å². The number of fused-ring (bicyclic) bond motifs is 3. The van der Waals surface area contributed by atoms with Gasteiger partial charge in [0.2, 0.25) is 5.91 Å². The standard InChI is InChI=1S/C36H44N4O2S2/c1-20-10-21(2)12-25(11-20)32-30(22(3)14-38-34(42)26-17-40(18-26)16-23-8-9-43-19-23)27-13-29(44-35(27)39-32)36(4,5)33(41)31-24-6-7-28(31)37-15-24/h8-13,19,22,24,26,28,31,37,39H,6-7,14-18H2,1-5H3,(H,38,42)/t22-,24?,28?,31?/m1/s1. The Hall–Kier alpha value is -2.78. The zero-order valence-electron chi connectivity index (χ0n) is 26.5. The molecule has 232 valence electrons. The topological polar surface area (TPSA) is 77.2 Å². The summed E-state index contributed by atoms with van der Waals surface area (Å²) in [6.45, 7) is 14.8. The molecule has 1 amide bonds. The van der Waals surface area contributed by atoms with Crippen molar-refractivity contribution in [1.29, 1.82) is 0 Å². The number of likely N-dealkylation sites (tertiary alicyclic amines) is 1. The molecule has 3 N–H and O–H groups in total. The van der Waals surface area contributed by atoms with Gasteiger partial charge in [-0.2, -0.15) is 11.3 Å². The molecule has 0 radical (unpaired) electrons. The molecular formula is C36H44N4O2S2. The highest BCUT2D eigenvalue weighted by molar-refractivity contribution is 7.19. The highest BCUT2D eigenvalue weighted by Crippen LogP contribution is 2.46. The van der Waals surface area contributed by atoms with Crippen LogP contribution in [0.2, 0.25) is 0 Å². The molecule has 6 nitrogen and oxygen atoms in total. The van der Waals surface area contributed by atoms with Gasteiger partial charge in [-0.15, -0.1) is 11.3 Å². The van der Waals surface area contributed by atoms with Crippen LogP contribution >= 0.6 is 22.7 Å². The quantitative estimate of drug-likeness (QED) is 0.181. The third-order valence-corrected chi connectivity index (χ3v) is 12.5. The normalized spacial score (nSPS) is 22.9. The molecule has 44 heavy (non-hydrogen) atoms. The minimum Gasteiger partial charge on any atom is -0.355 e. The molecule has 8 heteroatoms. The summed E-state index contributed by atoms with van der Waals surface area (Å²) in [5.41, 5.74) is 6.77. The first kappa shape index (κ1) is 29.9. The number of ketones is 1. The predicted molar refractivity (Wildman–Crippen MR) is 182 cm³/mol. The van der Waals surface area contributed by atoms with E-state index >= 15 is 0 Å². The summed E-state index contributed by atoms with van der Waals surface area (Å²) < 4.78 is 0. The minimum absolute atomic E-state index is 0.0471. The van der Waals surface area contributed by atoms with Gasteiger partial charge in [-0.1, -0.05) is 24.1 Å². The van der Waals surface area contributed by atoms with Crippen LogP contribution < -0.4 is 10.6 Å². The van der Waals surface area contributed by atoms with Crippen LogP contribution in [0.4, 0.5) is 0 Å². The fraction of sp³-hybridized carbons (Fsp3) is 0.500. The van der Waals surface area contributed by atoms with E-state index in [1.165, 1.54) is 33.2 Å². The maximum atomic E-state index is 14.0. The van der Waals surface area contributed by atoms with Gasteiger partial charge in [-0.25, -0.2) is 0 Å². The van der Waals surface area contributed by atoms with Gasteiger partial charge in [0, 0.05) is 54.3 Å². The van der Waals surface area contributed by atoms with E-state index in [1.807, 2.05) is 0 Å². The molecule has 4 aromatic rings. The first-order chi connectivity index (χ1) is 21.1. The van der Waals surface area contributed by atoms with Crippen LogP contribution in [-0.4, -0.2) is 53.8 Å². The highest BCUT2D eigenvalue weighted by atomic mass is 32.1. The third kappa shape index (κ3) is 5.38. The number of hydrogen-bond acceptors (Lipinski definition) is 6. The summed E-state index contributed by atoms with van der Waals surface area (Å²) in [5.74, 6) is 1.27. The number of nitrogens with zero attached hydrogens (tertiary/aromatic N) is 1. The van der Waals surface area contributed by atoms with E-state index in [9.17, 15) is 9.59 Å². The molecular weight excluding hydrogens is 585 g/mol. The van der Waals surface area contributed by atoms with Crippen LogP contribution in [0.15, 0.2) is 41.1 Å². The Morgan fingerprint density at radius 2 is 1.89 bits per heavy atom. The van der Waals surface area contributed by atoms with Crippen LogP contribution in [-0.2, 0) is 21.5 Å². The van der Waals surface area contributed by atoms with Crippen molar-refractivity contribution in [2.75, 3.05) is 26.2 Å². The fourth-order valence-corrected chi connectivity index (χ4v) is 9.79. The van der Waals surface area contributed by atoms with Gasteiger partial charge in [-0.3, -0.25) is 14.5 Å². The molecule has 5 heterocycles. The molecule has 1 saturated carbocycles. The SMILES string of the molecule is Cc1cc(C)cc(-c2[nH]c3sc(C(C)(C)C(=O)C4C5CCC4NC5)cc3c2[C@H](C)CNC(=O)C2CN(Cc3ccsc3)C2)c1. The number of carbonyl (C=O) groups excluding carboxylic acids is 2. The summed E-state index contributed by atoms with van der Waals surface area (Å²) in [5, 5.41) is 12.3. The van der Waals surface area contributed by atoms with Gasteiger partial charge in [0.15, 0.2) is 0 Å². The Labute approximate surface area is 268 Å². The summed E-state index contributed by atoms with van der Waals surface area (Å²) >= 11 is 3.44. The Morgan fingerprint density at radius 1 is 1.11 bits per heavy atom. The van der Waals surface area contributed by atoms with Crippen molar-refractivity contribution in [3.05, 3.63) is 68.2 Å². The Morgan fingerprint density at radius 3 is 2.52 bits per heavy atom. The lowest BCUT2D eigenvalue weighted by atomic mass is 9.76. The lowest BCUT2D eigenvalue weighted by Crippen LogP contribution is -2.53. The molecule has 3 fully saturated rings. The predicted octanol–water partition coefficient (Wildman–Crippen LogP) is 6.77. The monoisotopic (exact) mass is 628 g/mol. The van der Waals surface area contributed by atoms with Crippen molar-refractivity contribution < 1.29 is 9.59 Å². The van der Waals surface area contributed by atoms with E-state index in [0.29, 0.717) is 24.3 Å². The second-order valence-corrected chi connectivity index (χ2v) is 16.0. The number of hydrogen-bond donors (Lipinski definition) is 3. The lowest BCUT2D eigenvalue weighted by Gasteiger charge is -2.38. The fourth-order valence-electron chi connectivity index (χ4n) is 7.95. The van der Waals surface area contributed by atoms with Crippen LogP contribution in [0, 0.1) is 31.6 Å². The summed E-state index contributed by atoms with van der Waals surface area (Å²) in [6, 6.07) is 11.5. The molecule has 2 aliphatic heterocycles. The van der Waals surface area contributed by atoms with Gasteiger partial charge < -0.3 is 15.6 Å². The smallest absolute Gasteiger partial charge is 0.225 e. The first-order valence-electron chi connectivity index (χ1n) is 16.1. The van der Waals surface area contributed by atoms with E-state index in [2.05, 4.69) is 96.2 Å². The first-order valence-corrected chi connectivity index (χ1v) is 17.9. The van der Waals surface area contributed by atoms with Crippen molar-refractivity contribution in [2.24, 2.45) is 17.8 Å². The maximum Gasteiger partial charge on any atom is 0.225 e. The van der Waals surface area contributed by atoms with Gasteiger partial charge in [0.1, 0.15) is 10.6 Å². The van der Waals surface area contributed by atoms with E-state index in [4.69, 9.17) is 0 Å². The molecule has 2 bridgehead atoms. The number of benzene rings is 1. The number of thiophene rings is 2. The van der Waals surface area contributed by atoms with E-state index in [1.54, 1.807) is 22.7 Å². The summed E-state index contributed by atoms with van der Waals surface area (Å²) in [7, 11) is 0. The van der Waals surface area contributed by atoms with Crippen molar-refractivity contribution in [1.82, 2.24) is 20.5 Å². The summed E-state index contributed by atoms with van der Waals surface area (Å²) in [6.07, 6.45) is 2.28. The Bertz CT molecular complexity index is 1650. The summed E-state index contributed by atoms with van der Waals surface area (Å²) in [4.78, 5) is 35.5. The van der Waals surface area contributed by atoms with Crippen LogP contribution in [0.25, 0.3) is 21.5 Å². The molecule has 0 spiro atoms. The largest absolute Gasteiger partial charge is 0.355 e. The maximum absolute atomic E-state index is 14.0. The number of rotatable bonds is 10. The van der Waals surface area contributed by atoms with Gasteiger partial charge in [-0.05, 0) is 105 Å². The number of amides is 1. The van der Waals surface area contributed by atoms with Gasteiger partial charge in [0.05, 0.1) is 17.0 Å².